The number of rotatable bonds is 7. The lowest BCUT2D eigenvalue weighted by atomic mass is 10.1. The third-order valence-electron chi connectivity index (χ3n) is 5.24. The van der Waals surface area contributed by atoms with Gasteiger partial charge in [-0.1, -0.05) is 90.6 Å². The summed E-state index contributed by atoms with van der Waals surface area (Å²) in [6, 6.07) is 29.9. The van der Waals surface area contributed by atoms with Gasteiger partial charge in [0.15, 0.2) is 0 Å². The molecule has 6 heteroatoms. The van der Waals surface area contributed by atoms with Crippen LogP contribution in [0.5, 0.6) is 0 Å². The van der Waals surface area contributed by atoms with E-state index in [1.807, 2.05) is 78.9 Å². The van der Waals surface area contributed by atoms with E-state index in [1.165, 1.54) is 11.8 Å². The van der Waals surface area contributed by atoms with Crippen molar-refractivity contribution in [3.8, 4) is 16.8 Å². The van der Waals surface area contributed by atoms with E-state index in [-0.39, 0.29) is 18.3 Å². The van der Waals surface area contributed by atoms with Gasteiger partial charge in [0.2, 0.25) is 0 Å². The van der Waals surface area contributed by atoms with Crippen LogP contribution < -0.4 is 0 Å². The third-order valence-corrected chi connectivity index (χ3v) is 6.20. The number of esters is 1. The number of ether oxygens (including phenoxy) is 1. The van der Waals surface area contributed by atoms with Crippen molar-refractivity contribution in [2.75, 3.05) is 5.75 Å². The van der Waals surface area contributed by atoms with Crippen molar-refractivity contribution < 1.29 is 9.53 Å². The largest absolute Gasteiger partial charge is 0.460 e. The zero-order valence-electron chi connectivity index (χ0n) is 17.8. The minimum Gasteiger partial charge on any atom is -0.460 e. The van der Waals surface area contributed by atoms with Gasteiger partial charge in [-0.25, -0.2) is 9.97 Å². The molecule has 5 aromatic rings. The van der Waals surface area contributed by atoms with Gasteiger partial charge in [-0.05, 0) is 23.3 Å². The maximum atomic E-state index is 12.4. The van der Waals surface area contributed by atoms with Crippen LogP contribution in [0.1, 0.15) is 5.56 Å². The average molecular weight is 452 g/mol. The number of fused-ring (bicyclic) bond motifs is 1. The molecule has 0 aliphatic heterocycles. The van der Waals surface area contributed by atoms with Crippen LogP contribution in [-0.2, 0) is 16.1 Å². The highest BCUT2D eigenvalue weighted by Gasteiger charge is 2.18. The summed E-state index contributed by atoms with van der Waals surface area (Å²) in [5, 5.41) is 1.68. The van der Waals surface area contributed by atoms with E-state index in [9.17, 15) is 4.79 Å². The number of hydrogen-bond acceptors (Lipinski definition) is 5. The Balaban J connectivity index is 1.46. The number of hydrogen-bond donors (Lipinski definition) is 0. The molecule has 0 saturated heterocycles. The lowest BCUT2D eigenvalue weighted by Gasteiger charge is -2.07. The highest BCUT2D eigenvalue weighted by Crippen LogP contribution is 2.36. The van der Waals surface area contributed by atoms with Crippen LogP contribution in [0.3, 0.4) is 0 Å². The first-order chi connectivity index (χ1) is 16.3. The van der Waals surface area contributed by atoms with Crippen molar-refractivity contribution in [3.63, 3.8) is 0 Å². The summed E-state index contributed by atoms with van der Waals surface area (Å²) in [7, 11) is 0. The minimum atomic E-state index is -0.278. The molecule has 0 fully saturated rings. The average Bonchev–Trinajstić information content (AvgIpc) is 3.28. The number of benzene rings is 3. The molecule has 0 radical (unpaired) electrons. The molecule has 0 N–H and O–H groups in total. The van der Waals surface area contributed by atoms with Crippen LogP contribution in [0.2, 0.25) is 0 Å². The van der Waals surface area contributed by atoms with E-state index < -0.39 is 0 Å². The maximum absolute atomic E-state index is 12.4. The van der Waals surface area contributed by atoms with Gasteiger partial charge >= 0.3 is 5.97 Å². The summed E-state index contributed by atoms with van der Waals surface area (Å²) in [5.41, 5.74) is 4.87. The maximum Gasteiger partial charge on any atom is 0.316 e. The van der Waals surface area contributed by atoms with E-state index >= 15 is 0 Å². The molecular formula is C27H21N3O2S. The molecule has 162 valence electrons. The fourth-order valence-electron chi connectivity index (χ4n) is 3.67. The first kappa shape index (κ1) is 21.0. The monoisotopic (exact) mass is 451 g/mol. The van der Waals surface area contributed by atoms with Crippen molar-refractivity contribution in [1.29, 1.82) is 0 Å². The molecule has 33 heavy (non-hydrogen) atoms. The Kier molecular flexibility index (Phi) is 6.17. The molecule has 5 rings (SSSR count). The fraction of sp³-hybridized carbons (Fsp3) is 0.0741. The topological polar surface area (TPSA) is 57.0 Å². The SMILES string of the molecule is O=C(CSc1ncnc2c1c(-c1ccccc1)cn2-c1ccccc1)OCc1ccccc1. The lowest BCUT2D eigenvalue weighted by molar-refractivity contribution is -0.141. The van der Waals surface area contributed by atoms with Gasteiger partial charge < -0.3 is 9.30 Å². The number of carbonyl (C=O) groups excluding carboxylic acids is 1. The first-order valence-electron chi connectivity index (χ1n) is 10.6. The van der Waals surface area contributed by atoms with Crippen LogP contribution in [-0.4, -0.2) is 26.3 Å². The normalized spacial score (nSPS) is 10.9. The van der Waals surface area contributed by atoms with Crippen LogP contribution in [0.4, 0.5) is 0 Å². The molecule has 3 aromatic carbocycles. The zero-order chi connectivity index (χ0) is 22.5. The van der Waals surface area contributed by atoms with E-state index in [0.717, 1.165) is 38.4 Å². The van der Waals surface area contributed by atoms with Crippen molar-refractivity contribution in [1.82, 2.24) is 14.5 Å². The molecular weight excluding hydrogens is 430 g/mol. The molecule has 0 aliphatic carbocycles. The summed E-state index contributed by atoms with van der Waals surface area (Å²) in [5.74, 6) is -0.108. The highest BCUT2D eigenvalue weighted by atomic mass is 32.2. The summed E-state index contributed by atoms with van der Waals surface area (Å²) in [6.07, 6.45) is 3.63. The van der Waals surface area contributed by atoms with Crippen LogP contribution in [0.25, 0.3) is 27.8 Å². The number of carbonyl (C=O) groups is 1. The second-order valence-electron chi connectivity index (χ2n) is 7.43. The molecule has 0 amide bonds. The van der Waals surface area contributed by atoms with E-state index in [2.05, 4.69) is 32.9 Å². The van der Waals surface area contributed by atoms with E-state index in [0.29, 0.717) is 0 Å². The molecule has 0 unspecified atom stereocenters. The molecule has 0 atom stereocenters. The van der Waals surface area contributed by atoms with Crippen LogP contribution in [0, 0.1) is 0 Å². The van der Waals surface area contributed by atoms with E-state index in [1.54, 1.807) is 6.33 Å². The van der Waals surface area contributed by atoms with Crippen molar-refractivity contribution in [2.45, 2.75) is 11.6 Å². The number of thioether (sulfide) groups is 1. The smallest absolute Gasteiger partial charge is 0.316 e. The summed E-state index contributed by atoms with van der Waals surface area (Å²) in [6.45, 7) is 0.263. The molecule has 0 spiro atoms. The van der Waals surface area contributed by atoms with Crippen molar-refractivity contribution in [3.05, 3.63) is 109 Å². The standard InChI is InChI=1S/C27H21N3O2S/c31-24(32-17-20-10-4-1-5-11-20)18-33-27-25-23(21-12-6-2-7-13-21)16-30(26(25)28-19-29-27)22-14-8-3-9-15-22/h1-16,19H,17-18H2. The number of aromatic nitrogens is 3. The molecule has 2 heterocycles. The highest BCUT2D eigenvalue weighted by molar-refractivity contribution is 8.00. The van der Waals surface area contributed by atoms with Gasteiger partial charge in [0.25, 0.3) is 0 Å². The molecule has 0 aliphatic rings. The predicted octanol–water partition coefficient (Wildman–Crippen LogP) is 5.92. The van der Waals surface area contributed by atoms with Gasteiger partial charge in [-0.15, -0.1) is 0 Å². The van der Waals surface area contributed by atoms with Gasteiger partial charge in [0.1, 0.15) is 23.6 Å². The Bertz CT molecular complexity index is 1370. The quantitative estimate of drug-likeness (QED) is 0.175. The Morgan fingerprint density at radius 1 is 0.848 bits per heavy atom. The zero-order valence-corrected chi connectivity index (χ0v) is 18.6. The van der Waals surface area contributed by atoms with Gasteiger partial charge in [0.05, 0.1) is 11.1 Å². The van der Waals surface area contributed by atoms with Crippen molar-refractivity contribution in [2.24, 2.45) is 0 Å². The van der Waals surface area contributed by atoms with Crippen molar-refractivity contribution >= 4 is 28.8 Å². The Morgan fingerprint density at radius 3 is 2.24 bits per heavy atom. The Morgan fingerprint density at radius 2 is 1.52 bits per heavy atom. The van der Waals surface area contributed by atoms with Crippen LogP contribution >= 0.6 is 11.8 Å². The fourth-order valence-corrected chi connectivity index (χ4v) is 4.48. The lowest BCUT2D eigenvalue weighted by Crippen LogP contribution is -2.07. The van der Waals surface area contributed by atoms with Crippen LogP contribution in [0.15, 0.2) is 109 Å². The molecule has 5 nitrogen and oxygen atoms in total. The summed E-state index contributed by atoms with van der Waals surface area (Å²) >= 11 is 1.37. The Labute approximate surface area is 196 Å². The first-order valence-corrected chi connectivity index (χ1v) is 11.6. The summed E-state index contributed by atoms with van der Waals surface area (Å²) < 4.78 is 7.51. The molecule has 0 bridgehead atoms. The third kappa shape index (κ3) is 4.66. The Hall–Kier alpha value is -3.90. The van der Waals surface area contributed by atoms with Gasteiger partial charge in [-0.2, -0.15) is 0 Å². The van der Waals surface area contributed by atoms with Gasteiger partial charge in [0, 0.05) is 17.4 Å². The minimum absolute atomic E-state index is 0.170. The number of nitrogens with zero attached hydrogens (tertiary/aromatic N) is 3. The molecule has 0 saturated carbocycles. The second kappa shape index (κ2) is 9.71. The van der Waals surface area contributed by atoms with Gasteiger partial charge in [-0.3, -0.25) is 4.79 Å². The second-order valence-corrected chi connectivity index (χ2v) is 8.39. The predicted molar refractivity (Wildman–Crippen MR) is 131 cm³/mol. The van der Waals surface area contributed by atoms with E-state index in [4.69, 9.17) is 4.74 Å². The number of para-hydroxylation sites is 1. The molecule has 2 aromatic heterocycles. The summed E-state index contributed by atoms with van der Waals surface area (Å²) in [4.78, 5) is 21.5.